The van der Waals surface area contributed by atoms with E-state index < -0.39 is 5.25 Å². The number of hydrogen-bond donors (Lipinski definition) is 0. The number of aryl methyl sites for hydroxylation is 1. The maximum atomic E-state index is 12.7. The zero-order chi connectivity index (χ0) is 18.1. The monoisotopic (exact) mass is 365 g/mol. The first kappa shape index (κ1) is 16.5. The number of anilines is 1. The SMILES string of the molecule is Cc1ccccc1N1C(=O)C[C@H](Sc2nnc(-c3ccccc3)o2)C1=O. The quantitative estimate of drug-likeness (QED) is 0.659. The third-order valence-electron chi connectivity index (χ3n) is 4.13. The van der Waals surface area contributed by atoms with E-state index in [0.29, 0.717) is 11.6 Å². The van der Waals surface area contributed by atoms with Crippen molar-refractivity contribution < 1.29 is 14.0 Å². The molecule has 1 aliphatic heterocycles. The Hall–Kier alpha value is -2.93. The molecule has 130 valence electrons. The van der Waals surface area contributed by atoms with Crippen LogP contribution in [0.5, 0.6) is 0 Å². The Labute approximate surface area is 154 Å². The smallest absolute Gasteiger partial charge is 0.277 e. The second kappa shape index (κ2) is 6.76. The van der Waals surface area contributed by atoms with Crippen molar-refractivity contribution in [1.82, 2.24) is 10.2 Å². The largest absolute Gasteiger partial charge is 0.411 e. The van der Waals surface area contributed by atoms with Crippen LogP contribution in [0.3, 0.4) is 0 Å². The van der Waals surface area contributed by atoms with Gasteiger partial charge < -0.3 is 4.42 Å². The minimum atomic E-state index is -0.564. The van der Waals surface area contributed by atoms with Gasteiger partial charge in [-0.15, -0.1) is 10.2 Å². The topological polar surface area (TPSA) is 76.3 Å². The number of carbonyl (C=O) groups excluding carboxylic acids is 2. The van der Waals surface area contributed by atoms with Gasteiger partial charge in [-0.2, -0.15) is 0 Å². The molecular weight excluding hydrogens is 350 g/mol. The number of para-hydroxylation sites is 1. The number of benzene rings is 2. The van der Waals surface area contributed by atoms with E-state index >= 15 is 0 Å². The summed E-state index contributed by atoms with van der Waals surface area (Å²) in [5, 5.41) is 7.73. The Morgan fingerprint density at radius 1 is 1.04 bits per heavy atom. The summed E-state index contributed by atoms with van der Waals surface area (Å²) >= 11 is 1.13. The molecule has 0 radical (unpaired) electrons. The number of hydrogen-bond acceptors (Lipinski definition) is 6. The van der Waals surface area contributed by atoms with Gasteiger partial charge in [0.2, 0.25) is 17.7 Å². The van der Waals surface area contributed by atoms with Crippen LogP contribution in [0, 0.1) is 6.92 Å². The van der Waals surface area contributed by atoms with Crippen LogP contribution < -0.4 is 4.90 Å². The van der Waals surface area contributed by atoms with E-state index in [2.05, 4.69) is 10.2 Å². The number of thioether (sulfide) groups is 1. The van der Waals surface area contributed by atoms with Gasteiger partial charge >= 0.3 is 0 Å². The molecule has 0 aliphatic carbocycles. The van der Waals surface area contributed by atoms with Gasteiger partial charge in [0.15, 0.2) is 0 Å². The summed E-state index contributed by atoms with van der Waals surface area (Å²) < 4.78 is 5.64. The van der Waals surface area contributed by atoms with Gasteiger partial charge in [-0.25, -0.2) is 4.90 Å². The second-order valence-corrected chi connectivity index (χ2v) is 7.06. The van der Waals surface area contributed by atoms with Crippen molar-refractivity contribution in [2.24, 2.45) is 0 Å². The molecular formula is C19H15N3O3S. The third-order valence-corrected chi connectivity index (χ3v) is 5.15. The highest BCUT2D eigenvalue weighted by atomic mass is 32.2. The predicted octanol–water partition coefficient (Wildman–Crippen LogP) is 3.47. The molecule has 1 saturated heterocycles. The summed E-state index contributed by atoms with van der Waals surface area (Å²) in [6, 6.07) is 16.7. The number of nitrogens with zero attached hydrogens (tertiary/aromatic N) is 3. The Morgan fingerprint density at radius 3 is 2.54 bits per heavy atom. The first-order chi connectivity index (χ1) is 12.6. The minimum Gasteiger partial charge on any atom is -0.411 e. The highest BCUT2D eigenvalue weighted by Gasteiger charge is 2.41. The number of carbonyl (C=O) groups is 2. The van der Waals surface area contributed by atoms with E-state index in [-0.39, 0.29) is 23.5 Å². The summed E-state index contributed by atoms with van der Waals surface area (Å²) in [5.41, 5.74) is 2.31. The molecule has 0 unspecified atom stereocenters. The fourth-order valence-electron chi connectivity index (χ4n) is 2.84. The average molecular weight is 365 g/mol. The molecule has 2 aromatic carbocycles. The van der Waals surface area contributed by atoms with Gasteiger partial charge in [0, 0.05) is 12.0 Å². The fraction of sp³-hybridized carbons (Fsp3) is 0.158. The summed E-state index contributed by atoms with van der Waals surface area (Å²) in [4.78, 5) is 26.4. The van der Waals surface area contributed by atoms with Crippen LogP contribution in [0.4, 0.5) is 5.69 Å². The molecule has 6 nitrogen and oxygen atoms in total. The van der Waals surface area contributed by atoms with Gasteiger partial charge in [0.1, 0.15) is 5.25 Å². The second-order valence-electron chi connectivity index (χ2n) is 5.90. The highest BCUT2D eigenvalue weighted by molar-refractivity contribution is 8.00. The van der Waals surface area contributed by atoms with Gasteiger partial charge in [0.05, 0.1) is 5.69 Å². The highest BCUT2D eigenvalue weighted by Crippen LogP contribution is 2.35. The Bertz CT molecular complexity index is 971. The van der Waals surface area contributed by atoms with Crippen molar-refractivity contribution in [1.29, 1.82) is 0 Å². The lowest BCUT2D eigenvalue weighted by Gasteiger charge is -2.16. The maximum Gasteiger partial charge on any atom is 0.277 e. The van der Waals surface area contributed by atoms with Crippen LogP contribution in [0.15, 0.2) is 64.2 Å². The molecule has 0 bridgehead atoms. The van der Waals surface area contributed by atoms with E-state index in [1.807, 2.05) is 55.5 Å². The Morgan fingerprint density at radius 2 is 1.77 bits per heavy atom. The normalized spacial score (nSPS) is 17.1. The van der Waals surface area contributed by atoms with Crippen LogP contribution in [0.2, 0.25) is 0 Å². The first-order valence-electron chi connectivity index (χ1n) is 8.11. The van der Waals surface area contributed by atoms with E-state index in [1.54, 1.807) is 6.07 Å². The molecule has 3 aromatic rings. The van der Waals surface area contributed by atoms with Gasteiger partial charge in [0.25, 0.3) is 5.22 Å². The van der Waals surface area contributed by atoms with Crippen LogP contribution in [-0.4, -0.2) is 27.3 Å². The lowest BCUT2D eigenvalue weighted by atomic mass is 10.2. The minimum absolute atomic E-state index is 0.112. The number of imide groups is 1. The number of aromatic nitrogens is 2. The summed E-state index contributed by atoms with van der Waals surface area (Å²) in [7, 11) is 0. The molecule has 0 spiro atoms. The van der Waals surface area contributed by atoms with Crippen LogP contribution >= 0.6 is 11.8 Å². The molecule has 0 saturated carbocycles. The van der Waals surface area contributed by atoms with E-state index in [9.17, 15) is 9.59 Å². The summed E-state index contributed by atoms with van der Waals surface area (Å²) in [6.07, 6.45) is 0.112. The molecule has 2 amide bonds. The van der Waals surface area contributed by atoms with Crippen molar-refractivity contribution >= 4 is 29.3 Å². The molecule has 2 heterocycles. The molecule has 1 atom stereocenters. The van der Waals surface area contributed by atoms with E-state index in [0.717, 1.165) is 22.9 Å². The van der Waals surface area contributed by atoms with Gasteiger partial charge in [-0.1, -0.05) is 48.2 Å². The molecule has 4 rings (SSSR count). The lowest BCUT2D eigenvalue weighted by molar-refractivity contribution is -0.121. The van der Waals surface area contributed by atoms with E-state index in [4.69, 9.17) is 4.42 Å². The van der Waals surface area contributed by atoms with Crippen molar-refractivity contribution in [2.75, 3.05) is 4.90 Å². The Kier molecular flexibility index (Phi) is 4.30. The van der Waals surface area contributed by atoms with Crippen LogP contribution in [0.1, 0.15) is 12.0 Å². The summed E-state index contributed by atoms with van der Waals surface area (Å²) in [6.45, 7) is 1.88. The molecule has 0 N–H and O–H groups in total. The third kappa shape index (κ3) is 3.01. The zero-order valence-electron chi connectivity index (χ0n) is 14.0. The van der Waals surface area contributed by atoms with Crippen LogP contribution in [-0.2, 0) is 9.59 Å². The van der Waals surface area contributed by atoms with Crippen LogP contribution in [0.25, 0.3) is 11.5 Å². The van der Waals surface area contributed by atoms with Gasteiger partial charge in [-0.05, 0) is 30.7 Å². The Balaban J connectivity index is 1.53. The maximum absolute atomic E-state index is 12.7. The molecule has 26 heavy (non-hydrogen) atoms. The lowest BCUT2D eigenvalue weighted by Crippen LogP contribution is -2.31. The standard InChI is InChI=1S/C19H15N3O3S/c1-12-7-5-6-10-14(12)22-16(23)11-15(18(22)24)26-19-21-20-17(25-19)13-8-3-2-4-9-13/h2-10,15H,11H2,1H3/t15-/m0/s1. The number of rotatable bonds is 4. The van der Waals surface area contributed by atoms with Crippen molar-refractivity contribution in [3.8, 4) is 11.5 Å². The van der Waals surface area contributed by atoms with Crippen molar-refractivity contribution in [2.45, 2.75) is 23.8 Å². The molecule has 7 heteroatoms. The average Bonchev–Trinajstić information content (AvgIpc) is 3.22. The van der Waals surface area contributed by atoms with E-state index in [1.165, 1.54) is 4.90 Å². The zero-order valence-corrected chi connectivity index (χ0v) is 14.8. The molecule has 1 aliphatic rings. The summed E-state index contributed by atoms with van der Waals surface area (Å²) in [5.74, 6) is -0.0843. The van der Waals surface area contributed by atoms with Gasteiger partial charge in [-0.3, -0.25) is 9.59 Å². The van der Waals surface area contributed by atoms with Crippen molar-refractivity contribution in [3.05, 3.63) is 60.2 Å². The fourth-order valence-corrected chi connectivity index (χ4v) is 3.73. The molecule has 1 aromatic heterocycles. The molecule has 1 fully saturated rings. The predicted molar refractivity (Wildman–Crippen MR) is 97.7 cm³/mol. The van der Waals surface area contributed by atoms with Crippen molar-refractivity contribution in [3.63, 3.8) is 0 Å². The number of amides is 2. The first-order valence-corrected chi connectivity index (χ1v) is 8.99.